The Morgan fingerprint density at radius 3 is 2.62 bits per heavy atom. The zero-order valence-electron chi connectivity index (χ0n) is 12.8. The molecule has 0 fully saturated rings. The molecular weight excluding hydrogens is 308 g/mol. The monoisotopic (exact) mass is 322 g/mol. The topological polar surface area (TPSA) is 123 Å². The van der Waals surface area contributed by atoms with E-state index < -0.39 is 4.92 Å². The Morgan fingerprint density at radius 2 is 1.92 bits per heavy atom. The van der Waals surface area contributed by atoms with Crippen LogP contribution in [0.1, 0.15) is 5.56 Å². The van der Waals surface area contributed by atoms with Crippen LogP contribution in [0.25, 0.3) is 11.3 Å². The van der Waals surface area contributed by atoms with E-state index >= 15 is 0 Å². The van der Waals surface area contributed by atoms with Crippen LogP contribution in [0.5, 0.6) is 0 Å². The third kappa shape index (κ3) is 3.12. The van der Waals surface area contributed by atoms with Crippen molar-refractivity contribution in [3.8, 4) is 11.3 Å². The lowest BCUT2D eigenvalue weighted by atomic mass is 10.1. The van der Waals surface area contributed by atoms with Gasteiger partial charge < -0.3 is 5.73 Å². The molecule has 0 bridgehead atoms. The number of aromatic amines is 1. The largest absolute Gasteiger partial charge is 0.380 e. The summed E-state index contributed by atoms with van der Waals surface area (Å²) in [6.45, 7) is 1.99. The van der Waals surface area contributed by atoms with Gasteiger partial charge in [-0.2, -0.15) is 10.2 Å². The number of non-ortho nitro benzene ring substituents is 1. The molecule has 0 amide bonds. The van der Waals surface area contributed by atoms with Crippen molar-refractivity contribution in [2.75, 3.05) is 5.73 Å². The normalized spacial score (nSPS) is 11.0. The highest BCUT2D eigenvalue weighted by atomic mass is 16.6. The first-order chi connectivity index (χ1) is 11.5. The standard InChI is InChI=1S/C16H14N6O2/c1-10-5-7-11(8-6-10)14-15(16(17)21-19-14)20-18-12-3-2-4-13(9-12)22(23)24/h2-9H,1H3,(H3,17,19,21). The number of H-pyrrole nitrogens is 1. The van der Waals surface area contributed by atoms with E-state index in [1.54, 1.807) is 12.1 Å². The van der Waals surface area contributed by atoms with Crippen LogP contribution < -0.4 is 5.73 Å². The number of hydrogen-bond acceptors (Lipinski definition) is 6. The predicted molar refractivity (Wildman–Crippen MR) is 90.4 cm³/mol. The molecule has 0 aliphatic heterocycles. The first-order valence-corrected chi connectivity index (χ1v) is 7.11. The van der Waals surface area contributed by atoms with Crippen molar-refractivity contribution in [3.05, 3.63) is 64.2 Å². The molecule has 8 heteroatoms. The smallest absolute Gasteiger partial charge is 0.271 e. The lowest BCUT2D eigenvalue weighted by molar-refractivity contribution is -0.384. The number of nitro benzene ring substituents is 1. The molecule has 0 unspecified atom stereocenters. The van der Waals surface area contributed by atoms with Crippen molar-refractivity contribution in [2.45, 2.75) is 6.92 Å². The number of anilines is 1. The Hall–Kier alpha value is -3.55. The van der Waals surface area contributed by atoms with Gasteiger partial charge in [-0.25, -0.2) is 0 Å². The number of nitrogens with two attached hydrogens (primary N) is 1. The number of benzene rings is 2. The van der Waals surface area contributed by atoms with E-state index in [0.29, 0.717) is 17.1 Å². The number of aryl methyl sites for hydroxylation is 1. The molecular formula is C16H14N6O2. The predicted octanol–water partition coefficient (Wildman–Crippen LogP) is 4.29. The van der Waals surface area contributed by atoms with Gasteiger partial charge in [0.05, 0.1) is 16.3 Å². The Kier molecular flexibility index (Phi) is 4.02. The molecule has 3 rings (SSSR count). The summed E-state index contributed by atoms with van der Waals surface area (Å²) in [6.07, 6.45) is 0. The molecule has 1 aromatic heterocycles. The first-order valence-electron chi connectivity index (χ1n) is 7.11. The van der Waals surface area contributed by atoms with Crippen LogP contribution >= 0.6 is 0 Å². The maximum atomic E-state index is 10.8. The van der Waals surface area contributed by atoms with Crippen LogP contribution in [0.3, 0.4) is 0 Å². The van der Waals surface area contributed by atoms with Gasteiger partial charge in [0.2, 0.25) is 0 Å². The van der Waals surface area contributed by atoms with Crippen LogP contribution in [-0.4, -0.2) is 15.1 Å². The second kappa shape index (κ2) is 6.29. The summed E-state index contributed by atoms with van der Waals surface area (Å²) in [6, 6.07) is 13.7. The van der Waals surface area contributed by atoms with E-state index in [2.05, 4.69) is 20.4 Å². The molecule has 0 aliphatic rings. The molecule has 1 heterocycles. The lowest BCUT2D eigenvalue weighted by Crippen LogP contribution is -1.86. The van der Waals surface area contributed by atoms with E-state index in [4.69, 9.17) is 5.73 Å². The minimum Gasteiger partial charge on any atom is -0.380 e. The number of azo groups is 1. The molecule has 8 nitrogen and oxygen atoms in total. The minimum absolute atomic E-state index is 0.0506. The molecule has 0 saturated heterocycles. The van der Waals surface area contributed by atoms with Gasteiger partial charge in [0.1, 0.15) is 0 Å². The summed E-state index contributed by atoms with van der Waals surface area (Å²) in [5, 5.41) is 25.8. The average Bonchev–Trinajstić information content (AvgIpc) is 2.95. The molecule has 3 aromatic rings. The van der Waals surface area contributed by atoms with Gasteiger partial charge in [-0.05, 0) is 13.0 Å². The molecule has 120 valence electrons. The molecule has 0 aliphatic carbocycles. The fourth-order valence-corrected chi connectivity index (χ4v) is 2.15. The third-order valence-corrected chi connectivity index (χ3v) is 3.41. The maximum absolute atomic E-state index is 10.8. The summed E-state index contributed by atoms with van der Waals surface area (Å²) in [4.78, 5) is 10.3. The summed E-state index contributed by atoms with van der Waals surface area (Å²) in [7, 11) is 0. The highest BCUT2D eigenvalue weighted by Crippen LogP contribution is 2.34. The second-order valence-electron chi connectivity index (χ2n) is 5.18. The SMILES string of the molecule is Cc1ccc(-c2[nH]nc(N)c2N=Nc2cccc([N+](=O)[O-])c2)cc1. The van der Waals surface area contributed by atoms with Gasteiger partial charge >= 0.3 is 0 Å². The van der Waals surface area contributed by atoms with E-state index in [1.165, 1.54) is 12.1 Å². The highest BCUT2D eigenvalue weighted by molar-refractivity contribution is 5.79. The average molecular weight is 322 g/mol. The van der Waals surface area contributed by atoms with E-state index in [1.807, 2.05) is 31.2 Å². The second-order valence-corrected chi connectivity index (χ2v) is 5.18. The maximum Gasteiger partial charge on any atom is 0.271 e. The van der Waals surface area contributed by atoms with Crippen LogP contribution in [-0.2, 0) is 0 Å². The van der Waals surface area contributed by atoms with Gasteiger partial charge in [-0.1, -0.05) is 35.9 Å². The number of nitrogens with zero attached hydrogens (tertiary/aromatic N) is 4. The number of nitrogen functional groups attached to an aromatic ring is 1. The van der Waals surface area contributed by atoms with Gasteiger partial charge in [0, 0.05) is 17.7 Å². The zero-order chi connectivity index (χ0) is 17.1. The lowest BCUT2D eigenvalue weighted by Gasteiger charge is -2.00. The van der Waals surface area contributed by atoms with Crippen molar-refractivity contribution in [1.82, 2.24) is 10.2 Å². The molecule has 0 saturated carbocycles. The number of rotatable bonds is 4. The van der Waals surface area contributed by atoms with Gasteiger partial charge in [0.25, 0.3) is 5.69 Å². The van der Waals surface area contributed by atoms with Gasteiger partial charge in [0.15, 0.2) is 11.5 Å². The van der Waals surface area contributed by atoms with Crippen molar-refractivity contribution in [3.63, 3.8) is 0 Å². The number of aromatic nitrogens is 2. The highest BCUT2D eigenvalue weighted by Gasteiger charge is 2.12. The fraction of sp³-hybridized carbons (Fsp3) is 0.0625. The molecule has 0 atom stereocenters. The molecule has 2 aromatic carbocycles. The molecule has 0 radical (unpaired) electrons. The van der Waals surface area contributed by atoms with Crippen molar-refractivity contribution in [1.29, 1.82) is 0 Å². The number of nitro groups is 1. The van der Waals surface area contributed by atoms with Gasteiger partial charge in [-0.3, -0.25) is 15.2 Å². The van der Waals surface area contributed by atoms with Crippen molar-refractivity contribution >= 4 is 22.9 Å². The summed E-state index contributed by atoms with van der Waals surface area (Å²) in [5.41, 5.74) is 9.19. The Labute approximate surface area is 137 Å². The van der Waals surface area contributed by atoms with E-state index in [-0.39, 0.29) is 11.5 Å². The summed E-state index contributed by atoms with van der Waals surface area (Å²) >= 11 is 0. The third-order valence-electron chi connectivity index (χ3n) is 3.41. The van der Waals surface area contributed by atoms with E-state index in [0.717, 1.165) is 11.1 Å². The van der Waals surface area contributed by atoms with Crippen LogP contribution in [0, 0.1) is 17.0 Å². The quantitative estimate of drug-likeness (QED) is 0.422. The minimum atomic E-state index is -0.483. The van der Waals surface area contributed by atoms with Gasteiger partial charge in [-0.15, -0.1) is 5.11 Å². The Bertz CT molecular complexity index is 915. The Balaban J connectivity index is 1.96. The first kappa shape index (κ1) is 15.3. The van der Waals surface area contributed by atoms with Crippen molar-refractivity contribution < 1.29 is 4.92 Å². The number of hydrogen-bond donors (Lipinski definition) is 2. The van der Waals surface area contributed by atoms with Crippen LogP contribution in [0.15, 0.2) is 58.8 Å². The fourth-order valence-electron chi connectivity index (χ4n) is 2.15. The molecule has 24 heavy (non-hydrogen) atoms. The van der Waals surface area contributed by atoms with E-state index in [9.17, 15) is 10.1 Å². The summed E-state index contributed by atoms with van der Waals surface area (Å²) < 4.78 is 0. The van der Waals surface area contributed by atoms with Crippen LogP contribution in [0.2, 0.25) is 0 Å². The Morgan fingerprint density at radius 1 is 1.17 bits per heavy atom. The molecule has 3 N–H and O–H groups in total. The van der Waals surface area contributed by atoms with Crippen LogP contribution in [0.4, 0.5) is 22.9 Å². The number of nitrogens with one attached hydrogen (secondary N) is 1. The zero-order valence-corrected chi connectivity index (χ0v) is 12.8. The summed E-state index contributed by atoms with van der Waals surface area (Å²) in [5.74, 6) is 0.208. The molecule has 0 spiro atoms. The van der Waals surface area contributed by atoms with Crippen molar-refractivity contribution in [2.24, 2.45) is 10.2 Å².